The van der Waals surface area contributed by atoms with Crippen LogP contribution in [0.4, 0.5) is 8.78 Å². The van der Waals surface area contributed by atoms with Crippen molar-refractivity contribution in [3.8, 4) is 0 Å². The third-order valence-corrected chi connectivity index (χ3v) is 0.946. The van der Waals surface area contributed by atoms with Gasteiger partial charge in [0.25, 0.3) is 0 Å². The van der Waals surface area contributed by atoms with Crippen molar-refractivity contribution in [2.45, 2.75) is 0 Å². The molecule has 0 aromatic carbocycles. The van der Waals surface area contributed by atoms with Crippen LogP contribution in [0.2, 0.25) is 0 Å². The zero-order chi connectivity index (χ0) is 6.85. The second kappa shape index (κ2) is 2.09. The van der Waals surface area contributed by atoms with E-state index >= 15 is 0 Å². The number of rotatable bonds is 0. The number of pyridine rings is 1. The Kier molecular flexibility index (Phi) is 1.42. The summed E-state index contributed by atoms with van der Waals surface area (Å²) in [6.45, 7) is 3.11. The molecule has 1 rings (SSSR count). The quantitative estimate of drug-likeness (QED) is 0.483. The Labute approximate surface area is 51.3 Å². The first-order chi connectivity index (χ1) is 4.22. The van der Waals surface area contributed by atoms with Crippen molar-refractivity contribution in [1.82, 2.24) is 4.98 Å². The zero-order valence-corrected chi connectivity index (χ0v) is 4.56. The summed E-state index contributed by atoms with van der Waals surface area (Å²) in [6, 6.07) is 1.06. The van der Waals surface area contributed by atoms with Gasteiger partial charge in [0, 0.05) is 11.8 Å². The van der Waals surface area contributed by atoms with Crippen LogP contribution in [0.25, 0.3) is 0 Å². The number of hydrogen-bond acceptors (Lipinski definition) is 1. The van der Waals surface area contributed by atoms with E-state index < -0.39 is 11.8 Å². The van der Waals surface area contributed by atoms with Crippen molar-refractivity contribution in [3.05, 3.63) is 36.5 Å². The number of halogens is 2. The molecule has 0 amide bonds. The molecule has 0 saturated carbocycles. The van der Waals surface area contributed by atoms with Gasteiger partial charge in [-0.15, -0.1) is 0 Å². The fourth-order valence-corrected chi connectivity index (χ4v) is 0.445. The first-order valence-corrected chi connectivity index (χ1v) is 2.34. The predicted octanol–water partition coefficient (Wildman–Crippen LogP) is 1.54. The first-order valence-electron chi connectivity index (χ1n) is 2.34. The average molecular weight is 128 g/mol. The second-order valence-electron chi connectivity index (χ2n) is 1.56. The predicted molar refractivity (Wildman–Crippen MR) is 28.6 cm³/mol. The summed E-state index contributed by atoms with van der Waals surface area (Å²) >= 11 is 0. The molecule has 3 heteroatoms. The smallest absolute Gasteiger partial charge is 0.218 e. The van der Waals surface area contributed by atoms with Gasteiger partial charge in [-0.2, -0.15) is 4.39 Å². The molecule has 0 saturated heterocycles. The van der Waals surface area contributed by atoms with Gasteiger partial charge in [-0.25, -0.2) is 9.37 Å². The molecule has 1 nitrogen and oxygen atoms in total. The van der Waals surface area contributed by atoms with E-state index in [2.05, 4.69) is 11.9 Å². The fraction of sp³-hybridized carbons (Fsp3) is 0. The van der Waals surface area contributed by atoms with Crippen LogP contribution in [0.1, 0.15) is 5.56 Å². The van der Waals surface area contributed by atoms with Crippen LogP contribution in [0.3, 0.4) is 0 Å². The van der Waals surface area contributed by atoms with Crippen LogP contribution in [-0.2, 0) is 0 Å². The lowest BCUT2D eigenvalue weighted by Crippen LogP contribution is -1.90. The van der Waals surface area contributed by atoms with Crippen molar-refractivity contribution in [1.29, 1.82) is 0 Å². The monoisotopic (exact) mass is 128 g/mol. The van der Waals surface area contributed by atoms with E-state index in [1.807, 2.05) is 0 Å². The molecule has 0 unspecified atom stereocenters. The van der Waals surface area contributed by atoms with Gasteiger partial charge in [0.2, 0.25) is 5.95 Å². The van der Waals surface area contributed by atoms with Gasteiger partial charge < -0.3 is 0 Å². The molecule has 0 aliphatic rings. The molecule has 47 valence electrons. The van der Waals surface area contributed by atoms with Gasteiger partial charge in [-0.05, 0) is 13.0 Å². The molecule has 0 fully saturated rings. The molecule has 9 heavy (non-hydrogen) atoms. The van der Waals surface area contributed by atoms with Gasteiger partial charge in [-0.3, -0.25) is 0 Å². The van der Waals surface area contributed by atoms with Crippen molar-refractivity contribution in [3.63, 3.8) is 0 Å². The lowest BCUT2D eigenvalue weighted by Gasteiger charge is -1.92. The van der Waals surface area contributed by atoms with E-state index in [9.17, 15) is 8.78 Å². The van der Waals surface area contributed by atoms with Crippen LogP contribution in [0.5, 0.6) is 0 Å². The van der Waals surface area contributed by atoms with Gasteiger partial charge in [0.1, 0.15) is 5.82 Å². The van der Waals surface area contributed by atoms with Gasteiger partial charge >= 0.3 is 0 Å². The van der Waals surface area contributed by atoms with Crippen LogP contribution in [0.15, 0.2) is 12.3 Å². The fourth-order valence-electron chi connectivity index (χ4n) is 0.445. The Hall–Kier alpha value is -0.990. The van der Waals surface area contributed by atoms with E-state index in [0.717, 1.165) is 12.3 Å². The van der Waals surface area contributed by atoms with E-state index in [-0.39, 0.29) is 5.56 Å². The molecule has 1 aromatic rings. The lowest BCUT2D eigenvalue weighted by molar-refractivity contribution is 0.544. The molecule has 0 aliphatic heterocycles. The maximum absolute atomic E-state index is 12.2. The lowest BCUT2D eigenvalue weighted by atomic mass is 10.3. The van der Waals surface area contributed by atoms with E-state index in [1.165, 1.54) is 0 Å². The molecule has 0 aliphatic carbocycles. The van der Waals surface area contributed by atoms with Crippen LogP contribution < -0.4 is 0 Å². The van der Waals surface area contributed by atoms with Crippen molar-refractivity contribution in [2.75, 3.05) is 0 Å². The third-order valence-electron chi connectivity index (χ3n) is 0.946. The zero-order valence-electron chi connectivity index (χ0n) is 4.56. The largest absolute Gasteiger partial charge is 0.228 e. The normalized spacial score (nSPS) is 9.67. The number of aromatic nitrogens is 1. The average Bonchev–Trinajstić information content (AvgIpc) is 1.83. The van der Waals surface area contributed by atoms with Gasteiger partial charge in [0.15, 0.2) is 0 Å². The molecular formula is C6H4F2N. The topological polar surface area (TPSA) is 12.9 Å². The maximum atomic E-state index is 12.2. The third kappa shape index (κ3) is 1.04. The molecule has 0 spiro atoms. The minimum Gasteiger partial charge on any atom is -0.228 e. The van der Waals surface area contributed by atoms with Crippen LogP contribution in [0, 0.1) is 18.7 Å². The van der Waals surface area contributed by atoms with Crippen molar-refractivity contribution >= 4 is 0 Å². The molecule has 1 radical (unpaired) electrons. The van der Waals surface area contributed by atoms with E-state index in [4.69, 9.17) is 0 Å². The maximum Gasteiger partial charge on any atom is 0.218 e. The minimum absolute atomic E-state index is 0.280. The summed E-state index contributed by atoms with van der Waals surface area (Å²) in [7, 11) is 0. The molecule has 1 heterocycles. The van der Waals surface area contributed by atoms with Crippen LogP contribution in [-0.4, -0.2) is 4.98 Å². The van der Waals surface area contributed by atoms with Crippen molar-refractivity contribution < 1.29 is 8.78 Å². The highest BCUT2D eigenvalue weighted by atomic mass is 19.1. The standard InChI is InChI=1S/C6H4F2N/c1-4-5(7)2-3-9-6(4)8/h2-3H,1H2. The Morgan fingerprint density at radius 1 is 1.44 bits per heavy atom. The van der Waals surface area contributed by atoms with Crippen LogP contribution >= 0.6 is 0 Å². The van der Waals surface area contributed by atoms with Gasteiger partial charge in [0.05, 0.1) is 0 Å². The highest BCUT2D eigenvalue weighted by Gasteiger charge is 2.01. The van der Waals surface area contributed by atoms with Crippen molar-refractivity contribution in [2.24, 2.45) is 0 Å². The summed E-state index contributed by atoms with van der Waals surface area (Å²) in [5.74, 6) is -1.52. The summed E-state index contributed by atoms with van der Waals surface area (Å²) in [5.41, 5.74) is -0.280. The minimum atomic E-state index is -0.852. The highest BCUT2D eigenvalue weighted by Crippen LogP contribution is 2.05. The molecule has 0 bridgehead atoms. The SMILES string of the molecule is [CH2]c1c(F)ccnc1F. The second-order valence-corrected chi connectivity index (χ2v) is 1.56. The Morgan fingerprint density at radius 2 is 2.11 bits per heavy atom. The summed E-state index contributed by atoms with van der Waals surface area (Å²) < 4.78 is 24.4. The summed E-state index contributed by atoms with van der Waals surface area (Å²) in [5, 5.41) is 0. The Balaban J connectivity index is 3.25. The molecular weight excluding hydrogens is 124 g/mol. The first kappa shape index (κ1) is 6.13. The highest BCUT2D eigenvalue weighted by molar-refractivity contribution is 5.15. The molecule has 0 atom stereocenters. The molecule has 1 aromatic heterocycles. The number of hydrogen-bond donors (Lipinski definition) is 0. The number of nitrogens with zero attached hydrogens (tertiary/aromatic N) is 1. The Bertz CT molecular complexity index is 202. The Morgan fingerprint density at radius 3 is 2.56 bits per heavy atom. The summed E-state index contributed by atoms with van der Waals surface area (Å²) in [4.78, 5) is 3.17. The summed E-state index contributed by atoms with van der Waals surface area (Å²) in [6.07, 6.45) is 1.05. The van der Waals surface area contributed by atoms with E-state index in [0.29, 0.717) is 0 Å². The van der Waals surface area contributed by atoms with E-state index in [1.54, 1.807) is 0 Å². The molecule has 0 N–H and O–H groups in total. The van der Waals surface area contributed by atoms with Gasteiger partial charge in [-0.1, -0.05) is 0 Å².